The summed E-state index contributed by atoms with van der Waals surface area (Å²) in [4.78, 5) is 41.0. The molecule has 3 atom stereocenters. The van der Waals surface area contributed by atoms with E-state index in [1.165, 1.54) is 17.0 Å². The molecule has 0 bridgehead atoms. The average Bonchev–Trinajstić information content (AvgIpc) is 2.70. The van der Waals surface area contributed by atoms with E-state index >= 15 is 0 Å². The Bertz CT molecular complexity index is 768. The number of carbonyl (C=O) groups excluding carboxylic acids is 3. The second-order valence-corrected chi connectivity index (χ2v) is 7.20. The third-order valence-corrected chi connectivity index (χ3v) is 5.15. The van der Waals surface area contributed by atoms with Gasteiger partial charge in [-0.25, -0.2) is 4.39 Å². The van der Waals surface area contributed by atoms with Crippen molar-refractivity contribution in [2.24, 2.45) is 5.92 Å². The highest BCUT2D eigenvalue weighted by atomic mass is 19.1. The lowest BCUT2D eigenvalue weighted by Crippen LogP contribution is -2.52. The lowest BCUT2D eigenvalue weighted by Gasteiger charge is -2.39. The van der Waals surface area contributed by atoms with E-state index in [1.54, 1.807) is 43.2 Å². The van der Waals surface area contributed by atoms with Gasteiger partial charge in [0, 0.05) is 26.6 Å². The van der Waals surface area contributed by atoms with E-state index in [0.717, 1.165) is 0 Å². The summed E-state index contributed by atoms with van der Waals surface area (Å²) in [7, 11) is 1.64. The summed E-state index contributed by atoms with van der Waals surface area (Å²) in [5.74, 6) is -1.54. The summed E-state index contributed by atoms with van der Waals surface area (Å²) < 4.78 is 13.3. The van der Waals surface area contributed by atoms with Crippen molar-refractivity contribution in [3.8, 4) is 0 Å². The van der Waals surface area contributed by atoms with Gasteiger partial charge in [-0.05, 0) is 31.0 Å². The van der Waals surface area contributed by atoms with Crippen LogP contribution < -0.4 is 5.32 Å². The number of carbonyl (C=O) groups is 3. The highest BCUT2D eigenvalue weighted by molar-refractivity contribution is 5.90. The second kappa shape index (κ2) is 10.0. The molecule has 0 aromatic heterocycles. The molecule has 1 heterocycles. The maximum absolute atomic E-state index is 13.3. The van der Waals surface area contributed by atoms with Gasteiger partial charge in [-0.3, -0.25) is 14.4 Å². The molecular formula is C22H28FN3O3. The molecule has 29 heavy (non-hydrogen) atoms. The van der Waals surface area contributed by atoms with Gasteiger partial charge in [-0.2, -0.15) is 0 Å². The van der Waals surface area contributed by atoms with Crippen molar-refractivity contribution >= 4 is 17.7 Å². The number of amides is 3. The minimum Gasteiger partial charge on any atom is -0.344 e. The van der Waals surface area contributed by atoms with Gasteiger partial charge in [-0.15, -0.1) is 13.2 Å². The number of piperidine rings is 1. The normalized spacial score (nSPS) is 20.0. The Morgan fingerprint density at radius 3 is 2.41 bits per heavy atom. The van der Waals surface area contributed by atoms with Crippen LogP contribution >= 0.6 is 0 Å². The van der Waals surface area contributed by atoms with Crippen LogP contribution in [0.25, 0.3) is 0 Å². The first-order chi connectivity index (χ1) is 13.8. The zero-order valence-electron chi connectivity index (χ0n) is 16.9. The van der Waals surface area contributed by atoms with Crippen LogP contribution in [0.2, 0.25) is 0 Å². The molecule has 7 heteroatoms. The Balaban J connectivity index is 2.18. The molecule has 3 amide bonds. The Hall–Kier alpha value is -2.96. The first kappa shape index (κ1) is 22.3. The average molecular weight is 401 g/mol. The standard InChI is InChI=1S/C22H28FN3O3/c1-5-13-26(14-6-2)22(29)15(3)24-21(28)18-11-12-19(27)25(4)20(18)16-7-9-17(23)10-8-16/h5-10,15,18,20H,1-2,11-14H2,3-4H3,(H,24,28). The van der Waals surface area contributed by atoms with Crippen LogP contribution in [0.5, 0.6) is 0 Å². The van der Waals surface area contributed by atoms with Crippen molar-refractivity contribution in [2.75, 3.05) is 20.1 Å². The smallest absolute Gasteiger partial charge is 0.245 e. The molecule has 6 nitrogen and oxygen atoms in total. The van der Waals surface area contributed by atoms with Gasteiger partial charge in [0.25, 0.3) is 0 Å². The highest BCUT2D eigenvalue weighted by Gasteiger charge is 2.39. The van der Waals surface area contributed by atoms with Gasteiger partial charge in [0.05, 0.1) is 12.0 Å². The summed E-state index contributed by atoms with van der Waals surface area (Å²) in [5, 5.41) is 2.78. The van der Waals surface area contributed by atoms with Crippen LogP contribution in [0, 0.1) is 11.7 Å². The molecular weight excluding hydrogens is 373 g/mol. The predicted molar refractivity (Wildman–Crippen MR) is 109 cm³/mol. The Kier molecular flexibility index (Phi) is 7.70. The van der Waals surface area contributed by atoms with E-state index in [0.29, 0.717) is 25.1 Å². The largest absolute Gasteiger partial charge is 0.344 e. The van der Waals surface area contributed by atoms with Gasteiger partial charge in [-0.1, -0.05) is 24.3 Å². The molecule has 0 saturated carbocycles. The molecule has 1 aliphatic heterocycles. The Morgan fingerprint density at radius 1 is 1.28 bits per heavy atom. The van der Waals surface area contributed by atoms with Gasteiger partial charge in [0.1, 0.15) is 11.9 Å². The second-order valence-electron chi connectivity index (χ2n) is 7.20. The van der Waals surface area contributed by atoms with Gasteiger partial charge in [0.15, 0.2) is 0 Å². The maximum Gasteiger partial charge on any atom is 0.245 e. The first-order valence-electron chi connectivity index (χ1n) is 9.62. The predicted octanol–water partition coefficient (Wildman–Crippen LogP) is 2.44. The number of benzene rings is 1. The zero-order valence-corrected chi connectivity index (χ0v) is 16.9. The lowest BCUT2D eigenvalue weighted by atomic mass is 9.84. The molecule has 1 fully saturated rings. The van der Waals surface area contributed by atoms with Crippen LogP contribution in [0.1, 0.15) is 31.4 Å². The topological polar surface area (TPSA) is 69.7 Å². The maximum atomic E-state index is 13.3. The van der Waals surface area contributed by atoms with Crippen molar-refractivity contribution in [1.82, 2.24) is 15.1 Å². The summed E-state index contributed by atoms with van der Waals surface area (Å²) in [6, 6.07) is 4.54. The van der Waals surface area contributed by atoms with Crippen LogP contribution in [-0.4, -0.2) is 53.7 Å². The van der Waals surface area contributed by atoms with Gasteiger partial charge >= 0.3 is 0 Å². The van der Waals surface area contributed by atoms with Crippen molar-refractivity contribution in [3.63, 3.8) is 0 Å². The molecule has 2 rings (SSSR count). The third-order valence-electron chi connectivity index (χ3n) is 5.15. The molecule has 1 aromatic rings. The summed E-state index contributed by atoms with van der Waals surface area (Å²) in [6.07, 6.45) is 3.83. The SMILES string of the molecule is C=CCN(CC=C)C(=O)C(C)NC(=O)C1CCC(=O)N(C)C1c1ccc(F)cc1. The third kappa shape index (κ3) is 5.31. The van der Waals surface area contributed by atoms with E-state index in [4.69, 9.17) is 0 Å². The van der Waals surface area contributed by atoms with E-state index in [-0.39, 0.29) is 30.0 Å². The monoisotopic (exact) mass is 401 g/mol. The van der Waals surface area contributed by atoms with Gasteiger partial charge in [0.2, 0.25) is 17.7 Å². The molecule has 1 N–H and O–H groups in total. The summed E-state index contributed by atoms with van der Waals surface area (Å²) in [6.45, 7) is 9.62. The quantitative estimate of drug-likeness (QED) is 0.681. The minimum absolute atomic E-state index is 0.0735. The zero-order chi connectivity index (χ0) is 21.6. The van der Waals surface area contributed by atoms with Crippen LogP contribution in [0.3, 0.4) is 0 Å². The van der Waals surface area contributed by atoms with Crippen LogP contribution in [0.4, 0.5) is 4.39 Å². The molecule has 0 radical (unpaired) electrons. The number of nitrogens with one attached hydrogen (secondary N) is 1. The fraction of sp³-hybridized carbons (Fsp3) is 0.409. The van der Waals surface area contributed by atoms with Crippen molar-refractivity contribution in [1.29, 1.82) is 0 Å². The molecule has 0 spiro atoms. The molecule has 1 aromatic carbocycles. The summed E-state index contributed by atoms with van der Waals surface area (Å²) >= 11 is 0. The van der Waals surface area contributed by atoms with E-state index < -0.39 is 18.0 Å². The lowest BCUT2D eigenvalue weighted by molar-refractivity contribution is -0.143. The Labute approximate surface area is 171 Å². The van der Waals surface area contributed by atoms with Crippen molar-refractivity contribution in [2.45, 2.75) is 31.8 Å². The highest BCUT2D eigenvalue weighted by Crippen LogP contribution is 2.36. The van der Waals surface area contributed by atoms with Crippen molar-refractivity contribution in [3.05, 3.63) is 61.0 Å². The fourth-order valence-corrected chi connectivity index (χ4v) is 3.65. The summed E-state index contributed by atoms with van der Waals surface area (Å²) in [5.41, 5.74) is 0.682. The number of halogens is 1. The Morgan fingerprint density at radius 2 is 1.86 bits per heavy atom. The number of nitrogens with zero attached hydrogens (tertiary/aromatic N) is 2. The molecule has 0 aliphatic carbocycles. The number of rotatable bonds is 8. The number of likely N-dealkylation sites (tertiary alicyclic amines) is 1. The molecule has 3 unspecified atom stereocenters. The van der Waals surface area contributed by atoms with Crippen LogP contribution in [0.15, 0.2) is 49.6 Å². The van der Waals surface area contributed by atoms with E-state index in [9.17, 15) is 18.8 Å². The molecule has 1 aliphatic rings. The first-order valence-corrected chi connectivity index (χ1v) is 9.62. The van der Waals surface area contributed by atoms with E-state index in [1.807, 2.05) is 0 Å². The molecule has 156 valence electrons. The number of hydrogen-bond acceptors (Lipinski definition) is 3. The van der Waals surface area contributed by atoms with E-state index in [2.05, 4.69) is 18.5 Å². The van der Waals surface area contributed by atoms with Crippen molar-refractivity contribution < 1.29 is 18.8 Å². The number of hydrogen-bond donors (Lipinski definition) is 1. The van der Waals surface area contributed by atoms with Gasteiger partial charge < -0.3 is 15.1 Å². The minimum atomic E-state index is -0.737. The fourth-order valence-electron chi connectivity index (χ4n) is 3.65. The molecule has 1 saturated heterocycles. The van der Waals surface area contributed by atoms with Crippen LogP contribution in [-0.2, 0) is 14.4 Å².